The molecule has 0 amide bonds. The molecule has 0 saturated carbocycles. The molecule has 0 fully saturated rings. The van der Waals surface area contributed by atoms with Crippen LogP contribution in [0.3, 0.4) is 0 Å². The van der Waals surface area contributed by atoms with Gasteiger partial charge in [0.15, 0.2) is 7.14 Å². The maximum atomic E-state index is 16.3. The third-order valence-electron chi connectivity index (χ3n) is 12.7. The fourth-order valence-corrected chi connectivity index (χ4v) is 13.7. The summed E-state index contributed by atoms with van der Waals surface area (Å²) in [5, 5.41) is 11.1. The molecule has 280 valence electrons. The van der Waals surface area contributed by atoms with Crippen LogP contribution < -0.4 is 30.3 Å². The second-order valence-corrected chi connectivity index (χ2v) is 18.5. The summed E-state index contributed by atoms with van der Waals surface area (Å²) in [4.78, 5) is 2.23. The average Bonchev–Trinajstić information content (AvgIpc) is 3.64. The maximum absolute atomic E-state index is 16.3. The summed E-state index contributed by atoms with van der Waals surface area (Å²) in [6, 6.07) is 63.2. The lowest BCUT2D eigenvalue weighted by atomic mass is 9.85. The van der Waals surface area contributed by atoms with Crippen molar-refractivity contribution >= 4 is 94.4 Å². The van der Waals surface area contributed by atoms with Gasteiger partial charge in [-0.3, -0.25) is 0 Å². The third kappa shape index (κ3) is 4.14. The van der Waals surface area contributed by atoms with Crippen molar-refractivity contribution in [3.63, 3.8) is 0 Å². The van der Waals surface area contributed by atoms with E-state index in [9.17, 15) is 0 Å². The van der Waals surface area contributed by atoms with Crippen LogP contribution >= 0.6 is 7.14 Å². The zero-order valence-electron chi connectivity index (χ0n) is 31.8. The smallest absolute Gasteiger partial charge is 0.189 e. The highest BCUT2D eigenvalue weighted by molar-refractivity contribution is 7.87. The third-order valence-corrected chi connectivity index (χ3v) is 16.0. The van der Waals surface area contributed by atoms with Crippen molar-refractivity contribution < 1.29 is 18.5 Å². The first-order valence-corrected chi connectivity index (χ1v) is 21.9. The average molecular weight is 788 g/mol. The van der Waals surface area contributed by atoms with Crippen LogP contribution in [0.25, 0.3) is 76.5 Å². The Morgan fingerprint density at radius 3 is 1.67 bits per heavy atom. The molecule has 0 saturated heterocycles. The Morgan fingerprint density at radius 1 is 0.383 bits per heavy atom. The Kier molecular flexibility index (Phi) is 6.23. The van der Waals surface area contributed by atoms with Gasteiger partial charge in [-0.05, 0) is 127 Å². The van der Waals surface area contributed by atoms with Gasteiger partial charge in [-0.2, -0.15) is 0 Å². The van der Waals surface area contributed by atoms with Crippen molar-refractivity contribution in [2.45, 2.75) is 0 Å². The van der Waals surface area contributed by atoms with Gasteiger partial charge < -0.3 is 23.4 Å². The van der Waals surface area contributed by atoms with E-state index in [4.69, 9.17) is 13.9 Å². The van der Waals surface area contributed by atoms with Gasteiger partial charge in [-0.15, -0.1) is 0 Å². The molecular weight excluding hydrogens is 758 g/mol. The number of anilines is 3. The monoisotopic (exact) mass is 787 g/mol. The minimum atomic E-state index is -3.44. The van der Waals surface area contributed by atoms with Gasteiger partial charge in [-0.1, -0.05) is 109 Å². The number of hydrogen-bond donors (Lipinski definition) is 0. The standard InChI is InChI=1S/C54H30NO4P/c56-60-52-42-20-10-21-45(52)58-46-22-11-23-47(54(46)60)59-49-30-34(28-43(53(49)60)55(42)35-14-2-1-3-15-35)51-38-18-8-6-16-36(38)50(37-17-7-9-19-39(37)51)33-24-25-44-40(27-33)41-26-31-12-4-5-13-32(31)29-48(41)57-44/h1-30H. The van der Waals surface area contributed by atoms with Gasteiger partial charge in [0.1, 0.15) is 39.5 Å². The number of ether oxygens (including phenoxy) is 2. The number of benzene rings is 10. The summed E-state index contributed by atoms with van der Waals surface area (Å²) in [6.45, 7) is 0. The first-order chi connectivity index (χ1) is 29.6. The van der Waals surface area contributed by atoms with Crippen molar-refractivity contribution in [3.8, 4) is 45.3 Å². The SMILES string of the molecule is O=P12c3c4cccc3Oc3cc(-c5c6ccccc6c(-c6ccc7oc8cc9ccccc9cc8c7c6)c6ccccc56)cc(c31)N(c1ccccc1)c1cccc(c12)O4. The van der Waals surface area contributed by atoms with Crippen LogP contribution in [0.15, 0.2) is 186 Å². The molecular formula is C54H30NO4P. The van der Waals surface area contributed by atoms with Crippen molar-refractivity contribution in [1.82, 2.24) is 0 Å². The van der Waals surface area contributed by atoms with Gasteiger partial charge in [-0.25, -0.2) is 0 Å². The van der Waals surface area contributed by atoms with Gasteiger partial charge in [0.2, 0.25) is 0 Å². The van der Waals surface area contributed by atoms with E-state index >= 15 is 4.57 Å². The quantitative estimate of drug-likeness (QED) is 0.132. The molecule has 11 aromatic rings. The van der Waals surface area contributed by atoms with Crippen molar-refractivity contribution in [3.05, 3.63) is 182 Å². The summed E-state index contributed by atoms with van der Waals surface area (Å²) in [6.07, 6.45) is 0. The van der Waals surface area contributed by atoms with E-state index in [-0.39, 0.29) is 0 Å². The van der Waals surface area contributed by atoms with Crippen LogP contribution in [-0.4, -0.2) is 0 Å². The van der Waals surface area contributed by atoms with E-state index in [2.05, 4.69) is 138 Å². The molecule has 60 heavy (non-hydrogen) atoms. The highest BCUT2D eigenvalue weighted by Gasteiger charge is 2.53. The molecule has 6 heteroatoms. The molecule has 10 aromatic carbocycles. The van der Waals surface area contributed by atoms with E-state index in [0.29, 0.717) is 33.6 Å². The van der Waals surface area contributed by atoms with E-state index in [1.165, 1.54) is 5.39 Å². The topological polar surface area (TPSA) is 51.9 Å². The Morgan fingerprint density at radius 2 is 0.950 bits per heavy atom. The van der Waals surface area contributed by atoms with E-state index < -0.39 is 7.14 Å². The molecule has 1 aromatic heterocycles. The largest absolute Gasteiger partial charge is 0.456 e. The van der Waals surface area contributed by atoms with E-state index in [1.54, 1.807) is 0 Å². The van der Waals surface area contributed by atoms with Crippen LogP contribution in [-0.2, 0) is 4.57 Å². The maximum Gasteiger partial charge on any atom is 0.189 e. The fraction of sp³-hybridized carbons (Fsp3) is 0. The normalized spacial score (nSPS) is 15.7. The van der Waals surface area contributed by atoms with Gasteiger partial charge >= 0.3 is 0 Å². The zero-order valence-corrected chi connectivity index (χ0v) is 32.7. The second kappa shape index (κ2) is 11.5. The zero-order chi connectivity index (χ0) is 39.3. The summed E-state index contributed by atoms with van der Waals surface area (Å²) < 4.78 is 36.1. The first kappa shape index (κ1) is 32.4. The minimum Gasteiger partial charge on any atom is -0.456 e. The summed E-state index contributed by atoms with van der Waals surface area (Å²) >= 11 is 0. The van der Waals surface area contributed by atoms with Crippen LogP contribution in [0.1, 0.15) is 0 Å². The highest BCUT2D eigenvalue weighted by Crippen LogP contribution is 2.65. The van der Waals surface area contributed by atoms with Crippen LogP contribution in [0.2, 0.25) is 0 Å². The number of para-hydroxylation sites is 1. The molecule has 4 heterocycles. The number of hydrogen-bond acceptors (Lipinski definition) is 5. The Labute approximate surface area is 343 Å². The van der Waals surface area contributed by atoms with Gasteiger partial charge in [0.05, 0.1) is 22.0 Å². The number of fused-ring (bicyclic) bond motifs is 6. The summed E-state index contributed by atoms with van der Waals surface area (Å²) in [5.41, 5.74) is 8.75. The molecule has 0 N–H and O–H groups in total. The number of rotatable bonds is 3. The molecule has 3 aliphatic rings. The predicted molar refractivity (Wildman–Crippen MR) is 245 cm³/mol. The number of nitrogens with zero attached hydrogens (tertiary/aromatic N) is 1. The lowest BCUT2D eigenvalue weighted by Gasteiger charge is -2.43. The van der Waals surface area contributed by atoms with Crippen LogP contribution in [0, 0.1) is 0 Å². The number of furan rings is 1. The molecule has 5 nitrogen and oxygen atoms in total. The molecule has 1 unspecified atom stereocenters. The van der Waals surface area contributed by atoms with Crippen LogP contribution in [0.5, 0.6) is 23.0 Å². The molecule has 1 atom stereocenters. The Bertz CT molecular complexity index is 3720. The van der Waals surface area contributed by atoms with Crippen molar-refractivity contribution in [2.24, 2.45) is 0 Å². The van der Waals surface area contributed by atoms with Crippen molar-refractivity contribution in [1.29, 1.82) is 0 Å². The molecule has 3 aliphatic heterocycles. The summed E-state index contributed by atoms with van der Waals surface area (Å²) in [7, 11) is -3.44. The van der Waals surface area contributed by atoms with E-state index in [1.807, 2.05) is 48.5 Å². The lowest BCUT2D eigenvalue weighted by molar-refractivity contribution is 0.461. The first-order valence-electron chi connectivity index (χ1n) is 20.2. The molecule has 0 radical (unpaired) electrons. The molecule has 0 bridgehead atoms. The van der Waals surface area contributed by atoms with Gasteiger partial charge in [0, 0.05) is 16.5 Å². The minimum absolute atomic E-state index is 0.570. The van der Waals surface area contributed by atoms with Crippen LogP contribution in [0.4, 0.5) is 17.1 Å². The fourth-order valence-electron chi connectivity index (χ4n) is 10.3. The van der Waals surface area contributed by atoms with Gasteiger partial charge in [0.25, 0.3) is 0 Å². The summed E-state index contributed by atoms with van der Waals surface area (Å²) in [5.74, 6) is 2.37. The highest BCUT2D eigenvalue weighted by atomic mass is 31.2. The lowest BCUT2D eigenvalue weighted by Crippen LogP contribution is -2.42. The Balaban J connectivity index is 1.06. The molecule has 0 spiro atoms. The molecule has 0 aliphatic carbocycles. The van der Waals surface area contributed by atoms with Crippen molar-refractivity contribution in [2.75, 3.05) is 4.90 Å². The predicted octanol–water partition coefficient (Wildman–Crippen LogP) is 14.0. The van der Waals surface area contributed by atoms with E-state index in [0.717, 1.165) is 93.5 Å². The molecule has 14 rings (SSSR count). The second-order valence-electron chi connectivity index (χ2n) is 15.9. The Hall–Kier alpha value is -7.59.